The molecular formula is C35H31F5N6O3. The molecule has 0 bridgehead atoms. The number of halogens is 5. The number of ether oxygens (including phenoxy) is 1. The molecule has 0 radical (unpaired) electrons. The first-order chi connectivity index (χ1) is 23.4. The van der Waals surface area contributed by atoms with Crippen LogP contribution in [0.2, 0.25) is 0 Å². The Morgan fingerprint density at radius 2 is 1.94 bits per heavy atom. The molecule has 254 valence electrons. The Hall–Kier alpha value is -5.03. The standard InChI is InChI=1S/C35H31F5N6O3/c1-20(36)32(48)46-13-12-44(16-22(46)8-10-41)31-25-7-6-24(26-15-23(47)14-21-4-2-5-27(37)28(21)26)29(38)30(25)42-33(43-31)49-19-34-9-3-11-45(34)18-35(39,40)17-34/h2,4-7,14-15,22,47H,1,3,8-9,11-13,16-19H2/t22-,34-/m0/s1. The minimum absolute atomic E-state index is 0.00190. The second kappa shape index (κ2) is 12.1. The SMILES string of the molecule is C=C(F)C(=O)N1CCN(c2nc(OC[C@@]34CCCN3CC(F)(F)C4)nc3c(F)c(-c4cc(O)cc5cccc(F)c45)ccc23)C[C@@H]1CC#N. The van der Waals surface area contributed by atoms with Gasteiger partial charge in [0, 0.05) is 42.4 Å². The normalized spacial score (nSPS) is 22.0. The molecule has 3 fully saturated rings. The van der Waals surface area contributed by atoms with E-state index in [-0.39, 0.29) is 84.2 Å². The summed E-state index contributed by atoms with van der Waals surface area (Å²) in [7, 11) is 0. The average Bonchev–Trinajstić information content (AvgIpc) is 3.55. The number of amides is 1. The maximum absolute atomic E-state index is 16.8. The van der Waals surface area contributed by atoms with E-state index in [9.17, 15) is 28.3 Å². The summed E-state index contributed by atoms with van der Waals surface area (Å²) in [6.45, 7) is 3.15. The molecule has 0 spiro atoms. The highest BCUT2D eigenvalue weighted by Crippen LogP contribution is 2.46. The number of anilines is 1. The number of hydrogen-bond donors (Lipinski definition) is 1. The molecule has 9 nitrogen and oxygen atoms in total. The van der Waals surface area contributed by atoms with Gasteiger partial charge in [0.1, 0.15) is 29.5 Å². The van der Waals surface area contributed by atoms with Gasteiger partial charge in [-0.2, -0.15) is 15.2 Å². The lowest BCUT2D eigenvalue weighted by Gasteiger charge is -2.41. The van der Waals surface area contributed by atoms with Crippen molar-refractivity contribution in [3.8, 4) is 29.0 Å². The summed E-state index contributed by atoms with van der Waals surface area (Å²) < 4.78 is 80.8. The average molecular weight is 679 g/mol. The lowest BCUT2D eigenvalue weighted by atomic mass is 9.94. The third-order valence-corrected chi connectivity index (χ3v) is 9.79. The Morgan fingerprint density at radius 1 is 1.12 bits per heavy atom. The molecule has 3 saturated heterocycles. The summed E-state index contributed by atoms with van der Waals surface area (Å²) in [6.07, 6.45) is 0.650. The third kappa shape index (κ3) is 5.75. The predicted octanol–water partition coefficient (Wildman–Crippen LogP) is 6.10. The van der Waals surface area contributed by atoms with E-state index < -0.39 is 47.3 Å². The van der Waals surface area contributed by atoms with E-state index in [0.717, 1.165) is 0 Å². The molecule has 3 aromatic carbocycles. The molecule has 4 heterocycles. The zero-order chi connectivity index (χ0) is 34.7. The van der Waals surface area contributed by atoms with Gasteiger partial charge in [0.05, 0.1) is 30.6 Å². The number of phenols is 1. The number of benzene rings is 3. The topological polar surface area (TPSA) is 106 Å². The van der Waals surface area contributed by atoms with Crippen LogP contribution in [0, 0.1) is 23.0 Å². The minimum atomic E-state index is -2.89. The second-order valence-electron chi connectivity index (χ2n) is 12.9. The summed E-state index contributed by atoms with van der Waals surface area (Å²) >= 11 is 0. The minimum Gasteiger partial charge on any atom is -0.508 e. The molecular weight excluding hydrogens is 647 g/mol. The molecule has 7 rings (SSSR count). The fourth-order valence-corrected chi connectivity index (χ4v) is 7.64. The monoisotopic (exact) mass is 678 g/mol. The van der Waals surface area contributed by atoms with Crippen molar-refractivity contribution in [3.63, 3.8) is 0 Å². The number of alkyl halides is 2. The Morgan fingerprint density at radius 3 is 2.71 bits per heavy atom. The van der Waals surface area contributed by atoms with Gasteiger partial charge in [-0.15, -0.1) is 0 Å². The number of rotatable bonds is 7. The molecule has 0 aliphatic carbocycles. The fourth-order valence-electron chi connectivity index (χ4n) is 7.64. The first-order valence-corrected chi connectivity index (χ1v) is 15.8. The number of carbonyl (C=O) groups excluding carboxylic acids is 1. The predicted molar refractivity (Wildman–Crippen MR) is 171 cm³/mol. The van der Waals surface area contributed by atoms with Crippen LogP contribution in [-0.2, 0) is 4.79 Å². The number of hydrogen-bond acceptors (Lipinski definition) is 8. The molecule has 3 aliphatic rings. The summed E-state index contributed by atoms with van der Waals surface area (Å²) in [5, 5.41) is 20.6. The maximum Gasteiger partial charge on any atom is 0.319 e. The van der Waals surface area contributed by atoms with Crippen molar-refractivity contribution in [2.75, 3.05) is 44.2 Å². The third-order valence-electron chi connectivity index (χ3n) is 9.79. The zero-order valence-electron chi connectivity index (χ0n) is 26.2. The highest BCUT2D eigenvalue weighted by Gasteiger charge is 2.57. The van der Waals surface area contributed by atoms with E-state index in [1.807, 2.05) is 6.07 Å². The van der Waals surface area contributed by atoms with Crippen molar-refractivity contribution in [2.45, 2.75) is 43.2 Å². The molecule has 0 saturated carbocycles. The van der Waals surface area contributed by atoms with Gasteiger partial charge in [0.2, 0.25) is 0 Å². The van der Waals surface area contributed by atoms with Crippen LogP contribution in [-0.4, -0.2) is 87.6 Å². The quantitative estimate of drug-likeness (QED) is 0.185. The van der Waals surface area contributed by atoms with E-state index in [1.54, 1.807) is 21.9 Å². The highest BCUT2D eigenvalue weighted by molar-refractivity contribution is 6.01. The summed E-state index contributed by atoms with van der Waals surface area (Å²) in [6, 6.07) is 10.8. The van der Waals surface area contributed by atoms with Crippen molar-refractivity contribution in [3.05, 3.63) is 66.5 Å². The van der Waals surface area contributed by atoms with Crippen LogP contribution in [0.5, 0.6) is 11.8 Å². The molecule has 4 aromatic rings. The Bertz CT molecular complexity index is 2050. The molecule has 14 heteroatoms. The van der Waals surface area contributed by atoms with E-state index in [4.69, 9.17) is 4.74 Å². The Balaban J connectivity index is 1.34. The van der Waals surface area contributed by atoms with Crippen LogP contribution < -0.4 is 9.64 Å². The number of piperazine rings is 1. The van der Waals surface area contributed by atoms with Gasteiger partial charge in [-0.1, -0.05) is 24.8 Å². The second-order valence-corrected chi connectivity index (χ2v) is 12.9. The number of aromatic hydroxyl groups is 1. The van der Waals surface area contributed by atoms with Crippen LogP contribution in [0.25, 0.3) is 32.8 Å². The van der Waals surface area contributed by atoms with Gasteiger partial charge in [0.25, 0.3) is 11.8 Å². The van der Waals surface area contributed by atoms with Gasteiger partial charge >= 0.3 is 6.01 Å². The number of fused-ring (bicyclic) bond motifs is 3. The lowest BCUT2D eigenvalue weighted by molar-refractivity contribution is -0.131. The number of phenolic OH excluding ortho intramolecular Hbond substituents is 1. The van der Waals surface area contributed by atoms with Crippen molar-refractivity contribution >= 4 is 33.4 Å². The molecule has 1 aromatic heterocycles. The smallest absolute Gasteiger partial charge is 0.319 e. The zero-order valence-corrected chi connectivity index (χ0v) is 26.2. The molecule has 2 atom stereocenters. The number of nitrogens with zero attached hydrogens (tertiary/aromatic N) is 6. The summed E-state index contributed by atoms with van der Waals surface area (Å²) in [4.78, 5) is 26.1. The largest absolute Gasteiger partial charge is 0.508 e. The number of aromatic nitrogens is 2. The van der Waals surface area contributed by atoms with Crippen LogP contribution in [0.15, 0.2) is 54.9 Å². The first kappa shape index (κ1) is 32.5. The highest BCUT2D eigenvalue weighted by atomic mass is 19.3. The van der Waals surface area contributed by atoms with Gasteiger partial charge in [-0.25, -0.2) is 22.0 Å². The van der Waals surface area contributed by atoms with Gasteiger partial charge in [0.15, 0.2) is 11.6 Å². The molecule has 49 heavy (non-hydrogen) atoms. The van der Waals surface area contributed by atoms with Gasteiger partial charge in [-0.3, -0.25) is 9.69 Å². The number of carbonyl (C=O) groups is 1. The van der Waals surface area contributed by atoms with Crippen LogP contribution in [0.3, 0.4) is 0 Å². The van der Waals surface area contributed by atoms with E-state index in [2.05, 4.69) is 16.5 Å². The molecule has 0 unspecified atom stereocenters. The van der Waals surface area contributed by atoms with Crippen molar-refractivity contribution in [1.82, 2.24) is 19.8 Å². The number of nitriles is 1. The Labute approximate surface area is 277 Å². The van der Waals surface area contributed by atoms with E-state index in [1.165, 1.54) is 35.2 Å². The summed E-state index contributed by atoms with van der Waals surface area (Å²) in [5.74, 6) is -6.51. The molecule has 1 amide bonds. The first-order valence-electron chi connectivity index (χ1n) is 15.8. The Kier molecular flexibility index (Phi) is 8.05. The van der Waals surface area contributed by atoms with Crippen LogP contribution >= 0.6 is 0 Å². The fraction of sp³-hybridized carbons (Fsp3) is 0.371. The lowest BCUT2D eigenvalue weighted by Crippen LogP contribution is -2.55. The maximum atomic E-state index is 16.8. The van der Waals surface area contributed by atoms with Crippen LogP contribution in [0.4, 0.5) is 27.8 Å². The van der Waals surface area contributed by atoms with E-state index in [0.29, 0.717) is 24.8 Å². The van der Waals surface area contributed by atoms with Crippen molar-refractivity contribution < 1.29 is 36.6 Å². The van der Waals surface area contributed by atoms with E-state index >= 15 is 8.78 Å². The van der Waals surface area contributed by atoms with Crippen molar-refractivity contribution in [1.29, 1.82) is 5.26 Å². The van der Waals surface area contributed by atoms with Crippen molar-refractivity contribution in [2.24, 2.45) is 0 Å². The van der Waals surface area contributed by atoms with Gasteiger partial charge < -0.3 is 19.6 Å². The van der Waals surface area contributed by atoms with Crippen LogP contribution in [0.1, 0.15) is 25.7 Å². The molecule has 1 N–H and O–H groups in total. The summed E-state index contributed by atoms with van der Waals surface area (Å²) in [5.41, 5.74) is -1.14. The molecule has 3 aliphatic heterocycles. The van der Waals surface area contributed by atoms with Gasteiger partial charge in [-0.05, 0) is 54.6 Å².